The van der Waals surface area contributed by atoms with E-state index in [1.54, 1.807) is 24.3 Å². The van der Waals surface area contributed by atoms with Gasteiger partial charge < -0.3 is 0 Å². The predicted octanol–water partition coefficient (Wildman–Crippen LogP) is 2.46. The maximum Gasteiger partial charge on any atom is 0.241 e. The van der Waals surface area contributed by atoms with E-state index in [4.69, 9.17) is 0 Å². The quantitative estimate of drug-likeness (QED) is 0.885. The highest BCUT2D eigenvalue weighted by molar-refractivity contribution is 7.89. The number of nitrogens with one attached hydrogen (secondary N) is 1. The fraction of sp³-hybridized carbons (Fsp3) is 0.125. The molecule has 21 heavy (non-hydrogen) atoms. The normalized spacial score (nSPS) is 10.8. The Morgan fingerprint density at radius 3 is 2.43 bits per heavy atom. The van der Waals surface area contributed by atoms with Crippen molar-refractivity contribution in [3.05, 3.63) is 65.5 Å². The van der Waals surface area contributed by atoms with Gasteiger partial charge >= 0.3 is 0 Å². The SMILES string of the molecule is Cc1ccc(S(=O)(=O)NCC#Cc2ccccc2F)cc1. The summed E-state index contributed by atoms with van der Waals surface area (Å²) in [4.78, 5) is 0.181. The van der Waals surface area contributed by atoms with Gasteiger partial charge in [-0.15, -0.1) is 0 Å². The third kappa shape index (κ3) is 4.15. The number of hydrogen-bond donors (Lipinski definition) is 1. The Balaban J connectivity index is 2.04. The molecule has 0 aliphatic heterocycles. The molecule has 0 radical (unpaired) electrons. The van der Waals surface area contributed by atoms with Gasteiger partial charge in [-0.25, -0.2) is 12.8 Å². The lowest BCUT2D eigenvalue weighted by Gasteiger charge is -2.03. The van der Waals surface area contributed by atoms with Gasteiger partial charge in [-0.2, -0.15) is 4.72 Å². The van der Waals surface area contributed by atoms with Crippen molar-refractivity contribution in [2.75, 3.05) is 6.54 Å². The second kappa shape index (κ2) is 6.53. The molecule has 0 saturated carbocycles. The lowest BCUT2D eigenvalue weighted by Crippen LogP contribution is -2.23. The van der Waals surface area contributed by atoms with Crippen LogP contribution in [0, 0.1) is 24.6 Å². The van der Waals surface area contributed by atoms with Gasteiger partial charge in [0.2, 0.25) is 10.0 Å². The monoisotopic (exact) mass is 303 g/mol. The van der Waals surface area contributed by atoms with Crippen molar-refractivity contribution in [3.8, 4) is 11.8 Å². The van der Waals surface area contributed by atoms with E-state index in [2.05, 4.69) is 16.6 Å². The van der Waals surface area contributed by atoms with Crippen LogP contribution in [0.4, 0.5) is 4.39 Å². The Morgan fingerprint density at radius 2 is 1.76 bits per heavy atom. The van der Waals surface area contributed by atoms with Crippen LogP contribution in [0.15, 0.2) is 53.4 Å². The van der Waals surface area contributed by atoms with Crippen molar-refractivity contribution in [1.29, 1.82) is 0 Å². The van der Waals surface area contributed by atoms with Gasteiger partial charge in [-0.1, -0.05) is 41.7 Å². The van der Waals surface area contributed by atoms with Crippen LogP contribution in [0.1, 0.15) is 11.1 Å². The van der Waals surface area contributed by atoms with E-state index in [-0.39, 0.29) is 17.0 Å². The van der Waals surface area contributed by atoms with Crippen LogP contribution in [0.5, 0.6) is 0 Å². The highest BCUT2D eigenvalue weighted by Crippen LogP contribution is 2.09. The third-order valence-electron chi connectivity index (χ3n) is 2.78. The standard InChI is InChI=1S/C16H14FNO2S/c1-13-8-10-15(11-9-13)21(19,20)18-12-4-6-14-5-2-3-7-16(14)17/h2-3,5,7-11,18H,12H2,1H3. The highest BCUT2D eigenvalue weighted by atomic mass is 32.2. The van der Waals surface area contributed by atoms with Gasteiger partial charge in [-0.3, -0.25) is 0 Å². The summed E-state index contributed by atoms with van der Waals surface area (Å²) in [7, 11) is -3.59. The lowest BCUT2D eigenvalue weighted by atomic mass is 10.2. The molecule has 2 rings (SSSR count). The summed E-state index contributed by atoms with van der Waals surface area (Å²) < 4.78 is 39.6. The number of aryl methyl sites for hydroxylation is 1. The molecule has 0 atom stereocenters. The fourth-order valence-corrected chi connectivity index (χ4v) is 2.56. The Hall–Kier alpha value is -2.16. The molecule has 0 amide bonds. The van der Waals surface area contributed by atoms with Crippen LogP contribution in [0.2, 0.25) is 0 Å². The molecule has 0 unspecified atom stereocenters. The van der Waals surface area contributed by atoms with Crippen molar-refractivity contribution in [3.63, 3.8) is 0 Å². The molecule has 5 heteroatoms. The second-order valence-corrected chi connectivity index (χ2v) is 6.19. The first-order valence-electron chi connectivity index (χ1n) is 6.29. The Morgan fingerprint density at radius 1 is 1.10 bits per heavy atom. The van der Waals surface area contributed by atoms with E-state index < -0.39 is 15.8 Å². The van der Waals surface area contributed by atoms with Gasteiger partial charge in [0.25, 0.3) is 0 Å². The van der Waals surface area contributed by atoms with E-state index in [9.17, 15) is 12.8 Å². The second-order valence-electron chi connectivity index (χ2n) is 4.42. The molecule has 0 spiro atoms. The first kappa shape index (κ1) is 15.2. The van der Waals surface area contributed by atoms with Crippen LogP contribution in [0.25, 0.3) is 0 Å². The predicted molar refractivity (Wildman–Crippen MR) is 79.6 cm³/mol. The van der Waals surface area contributed by atoms with E-state index in [1.165, 1.54) is 24.3 Å². The van der Waals surface area contributed by atoms with Gasteiger partial charge in [0.05, 0.1) is 17.0 Å². The minimum Gasteiger partial charge on any atom is -0.207 e. The minimum atomic E-state index is -3.59. The summed E-state index contributed by atoms with van der Waals surface area (Å²) in [5, 5.41) is 0. The fourth-order valence-electron chi connectivity index (χ4n) is 1.63. The smallest absolute Gasteiger partial charge is 0.207 e. The third-order valence-corrected chi connectivity index (χ3v) is 4.20. The first-order chi connectivity index (χ1) is 9.99. The Labute approximate surface area is 123 Å². The molecule has 0 aliphatic carbocycles. The van der Waals surface area contributed by atoms with Gasteiger partial charge in [-0.05, 0) is 31.2 Å². The van der Waals surface area contributed by atoms with E-state index in [0.29, 0.717) is 0 Å². The Bertz CT molecular complexity index is 787. The molecular weight excluding hydrogens is 289 g/mol. The summed E-state index contributed by atoms with van der Waals surface area (Å²) in [6, 6.07) is 12.6. The maximum atomic E-state index is 13.3. The zero-order chi connectivity index (χ0) is 15.3. The number of sulfonamides is 1. The molecule has 2 aromatic rings. The molecular formula is C16H14FNO2S. The van der Waals surface area contributed by atoms with Crippen molar-refractivity contribution in [2.24, 2.45) is 0 Å². The summed E-state index contributed by atoms with van der Waals surface area (Å²) >= 11 is 0. The number of hydrogen-bond acceptors (Lipinski definition) is 2. The summed E-state index contributed by atoms with van der Waals surface area (Å²) in [5.41, 5.74) is 1.22. The molecule has 0 bridgehead atoms. The summed E-state index contributed by atoms with van der Waals surface area (Å²) in [6.07, 6.45) is 0. The van der Waals surface area contributed by atoms with Crippen molar-refractivity contribution in [1.82, 2.24) is 4.72 Å². The molecule has 0 aromatic heterocycles. The largest absolute Gasteiger partial charge is 0.241 e. The maximum absolute atomic E-state index is 13.3. The Kier molecular flexibility index (Phi) is 4.73. The van der Waals surface area contributed by atoms with Crippen molar-refractivity contribution < 1.29 is 12.8 Å². The molecule has 1 N–H and O–H groups in total. The van der Waals surface area contributed by atoms with Crippen LogP contribution in [-0.2, 0) is 10.0 Å². The molecule has 0 aliphatic rings. The van der Waals surface area contributed by atoms with Gasteiger partial charge in [0.1, 0.15) is 5.82 Å². The van der Waals surface area contributed by atoms with Gasteiger partial charge in [0.15, 0.2) is 0 Å². The van der Waals surface area contributed by atoms with E-state index >= 15 is 0 Å². The summed E-state index contributed by atoms with van der Waals surface area (Å²) in [5.74, 6) is 4.77. The minimum absolute atomic E-state index is 0.0788. The first-order valence-corrected chi connectivity index (χ1v) is 7.77. The molecule has 108 valence electrons. The topological polar surface area (TPSA) is 46.2 Å². The molecule has 0 fully saturated rings. The zero-order valence-electron chi connectivity index (χ0n) is 11.4. The van der Waals surface area contributed by atoms with Crippen molar-refractivity contribution >= 4 is 10.0 Å². The average Bonchev–Trinajstić information content (AvgIpc) is 2.46. The molecule has 0 saturated heterocycles. The lowest BCUT2D eigenvalue weighted by molar-refractivity contribution is 0.586. The van der Waals surface area contributed by atoms with Crippen LogP contribution >= 0.6 is 0 Å². The number of rotatable bonds is 3. The van der Waals surface area contributed by atoms with Crippen molar-refractivity contribution in [2.45, 2.75) is 11.8 Å². The molecule has 2 aromatic carbocycles. The summed E-state index contributed by atoms with van der Waals surface area (Å²) in [6.45, 7) is 1.80. The number of benzene rings is 2. The van der Waals surface area contributed by atoms with Crippen LogP contribution in [0.3, 0.4) is 0 Å². The van der Waals surface area contributed by atoms with Crippen LogP contribution in [-0.4, -0.2) is 15.0 Å². The zero-order valence-corrected chi connectivity index (χ0v) is 12.2. The molecule has 0 heterocycles. The highest BCUT2D eigenvalue weighted by Gasteiger charge is 2.11. The average molecular weight is 303 g/mol. The van der Waals surface area contributed by atoms with Crippen LogP contribution < -0.4 is 4.72 Å². The van der Waals surface area contributed by atoms with Gasteiger partial charge in [0, 0.05) is 0 Å². The number of halogens is 1. The van der Waals surface area contributed by atoms with E-state index in [1.807, 2.05) is 6.92 Å². The van der Waals surface area contributed by atoms with E-state index in [0.717, 1.165) is 5.56 Å². The molecule has 3 nitrogen and oxygen atoms in total.